The van der Waals surface area contributed by atoms with Crippen LogP contribution >= 0.6 is 0 Å². The van der Waals surface area contributed by atoms with Gasteiger partial charge in [-0.3, -0.25) is 0 Å². The minimum atomic E-state index is -3.99. The van der Waals surface area contributed by atoms with E-state index in [1.54, 1.807) is 24.9 Å². The monoisotopic (exact) mass is 288 g/mol. The number of fused-ring (bicyclic) bond motifs is 1. The average molecular weight is 288 g/mol. The van der Waals surface area contributed by atoms with Crippen LogP contribution in [0.1, 0.15) is 19.4 Å². The molecule has 0 saturated carbocycles. The highest BCUT2D eigenvalue weighted by Gasteiger charge is 2.31. The average Bonchev–Trinajstić information content (AvgIpc) is 2.62. The fourth-order valence-corrected chi connectivity index (χ4v) is 2.70. The van der Waals surface area contributed by atoms with Crippen LogP contribution in [-0.2, 0) is 10.4 Å². The van der Waals surface area contributed by atoms with E-state index >= 15 is 0 Å². The molecule has 0 amide bonds. The van der Waals surface area contributed by atoms with Gasteiger partial charge in [0.15, 0.2) is 11.5 Å². The van der Waals surface area contributed by atoms with Crippen molar-refractivity contribution in [2.24, 2.45) is 0 Å². The Kier molecular flexibility index (Phi) is 3.57. The highest BCUT2D eigenvalue weighted by molar-refractivity contribution is 7.82. The van der Waals surface area contributed by atoms with Crippen molar-refractivity contribution in [2.45, 2.75) is 27.0 Å². The summed E-state index contributed by atoms with van der Waals surface area (Å²) in [5.41, 5.74) is 4.17. The Labute approximate surface area is 112 Å². The second-order valence-electron chi connectivity index (χ2n) is 4.16. The number of hydrogen-bond donors (Lipinski definition) is 2. The lowest BCUT2D eigenvalue weighted by atomic mass is 10.1. The molecule has 1 heterocycles. The van der Waals surface area contributed by atoms with Gasteiger partial charge in [-0.2, -0.15) is 0 Å². The molecule has 0 fully saturated rings. The summed E-state index contributed by atoms with van der Waals surface area (Å²) in [6, 6.07) is 3.23. The Morgan fingerprint density at radius 1 is 1.42 bits per heavy atom. The summed E-state index contributed by atoms with van der Waals surface area (Å²) < 4.78 is 32.0. The molecule has 1 aromatic carbocycles. The van der Waals surface area contributed by atoms with Gasteiger partial charge in [-0.15, -0.1) is 8.42 Å². The first kappa shape index (κ1) is 13.9. The van der Waals surface area contributed by atoms with Crippen molar-refractivity contribution in [2.75, 3.05) is 11.6 Å². The Hall–Kier alpha value is -1.51. The summed E-state index contributed by atoms with van der Waals surface area (Å²) in [5.74, 6) is 0.359. The summed E-state index contributed by atoms with van der Waals surface area (Å²) in [5, 5.41) is 11.1. The normalized spacial score (nSPS) is 17.3. The zero-order valence-electron chi connectivity index (χ0n) is 10.9. The predicted octanol–water partition coefficient (Wildman–Crippen LogP) is 0.680. The van der Waals surface area contributed by atoms with E-state index in [1.165, 1.54) is 6.07 Å². The molecule has 1 atom stereocenters. The predicted molar refractivity (Wildman–Crippen MR) is 69.2 cm³/mol. The maximum atomic E-state index is 11.3. The van der Waals surface area contributed by atoms with Gasteiger partial charge in [-0.25, -0.2) is 5.43 Å². The van der Waals surface area contributed by atoms with Gasteiger partial charge in [-0.05, 0) is 32.9 Å². The molecule has 1 unspecified atom stereocenters. The fourth-order valence-electron chi connectivity index (χ4n) is 1.90. The second kappa shape index (κ2) is 4.87. The number of hydrogen-bond acceptors (Lipinski definition) is 7. The first-order valence-electron chi connectivity index (χ1n) is 5.83. The Bertz CT molecular complexity index is 585. The third kappa shape index (κ3) is 2.75. The van der Waals surface area contributed by atoms with E-state index in [2.05, 4.69) is 9.61 Å². The molecule has 1 aliphatic rings. The number of hydrazine groups is 1. The molecule has 0 aliphatic carbocycles. The van der Waals surface area contributed by atoms with Crippen LogP contribution in [0, 0.1) is 6.92 Å². The van der Waals surface area contributed by atoms with Crippen LogP contribution in [0.5, 0.6) is 11.5 Å². The van der Waals surface area contributed by atoms with Gasteiger partial charge < -0.3 is 18.5 Å². The maximum absolute atomic E-state index is 11.3. The molecule has 106 valence electrons. The van der Waals surface area contributed by atoms with Crippen molar-refractivity contribution in [3.05, 3.63) is 17.7 Å². The van der Waals surface area contributed by atoms with Crippen LogP contribution in [-0.4, -0.2) is 26.3 Å². The molecular weight excluding hydrogens is 272 g/mol. The molecular formula is C11H16N2O5S. The number of rotatable bonds is 4. The molecule has 2 N–H and O–H groups in total. The molecule has 0 bridgehead atoms. The standard InChI is InChI=1S/C11H16N2O5S/c1-4-13(12-8(3)14)9-5-6-10-11(7(9)2)18-19(15,16)17-10/h5-6,8,12,14H,4H2,1-3H3. The molecule has 1 aromatic rings. The van der Waals surface area contributed by atoms with Gasteiger partial charge in [0.2, 0.25) is 0 Å². The number of nitrogens with one attached hydrogen (secondary N) is 1. The largest absolute Gasteiger partial charge is 0.501 e. The van der Waals surface area contributed by atoms with Crippen LogP contribution in [0.3, 0.4) is 0 Å². The number of nitrogens with zero attached hydrogens (tertiary/aromatic N) is 1. The zero-order valence-corrected chi connectivity index (χ0v) is 11.7. The molecule has 2 rings (SSSR count). The molecule has 7 nitrogen and oxygen atoms in total. The van der Waals surface area contributed by atoms with E-state index in [9.17, 15) is 13.5 Å². The Morgan fingerprint density at radius 2 is 2.11 bits per heavy atom. The summed E-state index contributed by atoms with van der Waals surface area (Å²) in [6.45, 7) is 5.80. The molecule has 0 spiro atoms. The minimum absolute atomic E-state index is 0.175. The molecule has 8 heteroatoms. The number of aliphatic hydroxyl groups excluding tert-OH is 1. The van der Waals surface area contributed by atoms with Crippen molar-refractivity contribution in [3.63, 3.8) is 0 Å². The van der Waals surface area contributed by atoms with Gasteiger partial charge >= 0.3 is 10.4 Å². The van der Waals surface area contributed by atoms with Crippen LogP contribution in [0.25, 0.3) is 0 Å². The summed E-state index contributed by atoms with van der Waals surface area (Å²) in [6.07, 6.45) is -0.728. The molecule has 1 aliphatic heterocycles. The second-order valence-corrected chi connectivity index (χ2v) is 5.31. The molecule has 0 aromatic heterocycles. The third-order valence-corrected chi connectivity index (χ3v) is 3.42. The first-order chi connectivity index (χ1) is 8.84. The van der Waals surface area contributed by atoms with E-state index in [0.29, 0.717) is 17.8 Å². The Balaban J connectivity index is 2.40. The highest BCUT2D eigenvalue weighted by Crippen LogP contribution is 2.42. The molecule has 0 saturated heterocycles. The number of aliphatic hydroxyl groups is 1. The van der Waals surface area contributed by atoms with Crippen LogP contribution in [0.4, 0.5) is 5.69 Å². The van der Waals surface area contributed by atoms with E-state index in [-0.39, 0.29) is 11.5 Å². The van der Waals surface area contributed by atoms with Gasteiger partial charge in [0, 0.05) is 12.1 Å². The summed E-state index contributed by atoms with van der Waals surface area (Å²) >= 11 is 0. The van der Waals surface area contributed by atoms with E-state index in [0.717, 1.165) is 0 Å². The quantitative estimate of drug-likeness (QED) is 0.622. The number of benzene rings is 1. The summed E-state index contributed by atoms with van der Waals surface area (Å²) in [7, 11) is -3.99. The lowest BCUT2D eigenvalue weighted by Crippen LogP contribution is -2.43. The van der Waals surface area contributed by atoms with E-state index in [4.69, 9.17) is 4.18 Å². The van der Waals surface area contributed by atoms with Crippen molar-refractivity contribution >= 4 is 16.1 Å². The summed E-state index contributed by atoms with van der Waals surface area (Å²) in [4.78, 5) is 0. The maximum Gasteiger partial charge on any atom is 0.501 e. The van der Waals surface area contributed by atoms with Crippen molar-refractivity contribution in [3.8, 4) is 11.5 Å². The fraction of sp³-hybridized carbons (Fsp3) is 0.455. The van der Waals surface area contributed by atoms with Crippen LogP contribution < -0.4 is 18.8 Å². The van der Waals surface area contributed by atoms with E-state index in [1.807, 2.05) is 6.92 Å². The van der Waals surface area contributed by atoms with Crippen molar-refractivity contribution in [1.82, 2.24) is 5.43 Å². The first-order valence-corrected chi connectivity index (χ1v) is 7.16. The topological polar surface area (TPSA) is 88.1 Å². The van der Waals surface area contributed by atoms with Gasteiger partial charge in [0.25, 0.3) is 0 Å². The lowest BCUT2D eigenvalue weighted by Gasteiger charge is -2.27. The molecule has 19 heavy (non-hydrogen) atoms. The van der Waals surface area contributed by atoms with Gasteiger partial charge in [0.1, 0.15) is 6.23 Å². The third-order valence-electron chi connectivity index (χ3n) is 2.67. The van der Waals surface area contributed by atoms with Crippen molar-refractivity contribution < 1.29 is 21.9 Å². The van der Waals surface area contributed by atoms with E-state index < -0.39 is 16.6 Å². The van der Waals surface area contributed by atoms with Gasteiger partial charge in [-0.1, -0.05) is 0 Å². The van der Waals surface area contributed by atoms with Crippen molar-refractivity contribution in [1.29, 1.82) is 0 Å². The smallest absolute Gasteiger partial charge is 0.377 e. The van der Waals surface area contributed by atoms with Gasteiger partial charge in [0.05, 0.1) is 5.69 Å². The Morgan fingerprint density at radius 3 is 2.68 bits per heavy atom. The zero-order chi connectivity index (χ0) is 14.2. The number of anilines is 1. The lowest BCUT2D eigenvalue weighted by molar-refractivity contribution is 0.152. The minimum Gasteiger partial charge on any atom is -0.377 e. The van der Waals surface area contributed by atoms with Crippen LogP contribution in [0.2, 0.25) is 0 Å². The molecule has 0 radical (unpaired) electrons. The highest BCUT2D eigenvalue weighted by atomic mass is 32.3. The SMILES string of the molecule is CCN(NC(C)O)c1ccc2c(c1C)OS(=O)(=O)O2. The van der Waals surface area contributed by atoms with Crippen LogP contribution in [0.15, 0.2) is 12.1 Å².